The Labute approximate surface area is 242 Å². The number of para-hydroxylation sites is 1. The smallest absolute Gasteiger partial charge is 0.220 e. The first kappa shape index (κ1) is 28.5. The molecule has 5 aliphatic rings. The fourth-order valence-electron chi connectivity index (χ4n) is 11.0. The van der Waals surface area contributed by atoms with E-state index in [1.165, 1.54) is 31.4 Å². The molecule has 40 heavy (non-hydrogen) atoms. The molecule has 1 aliphatic heterocycles. The van der Waals surface area contributed by atoms with E-state index >= 15 is 0 Å². The molecule has 4 saturated carbocycles. The van der Waals surface area contributed by atoms with Gasteiger partial charge in [0, 0.05) is 31.2 Å². The first-order valence-electron chi connectivity index (χ1n) is 16.6. The van der Waals surface area contributed by atoms with Crippen LogP contribution < -0.4 is 10.2 Å². The van der Waals surface area contributed by atoms with Crippen LogP contribution in [0.5, 0.6) is 0 Å². The molecular formula is C35H54N2O3. The van der Waals surface area contributed by atoms with E-state index in [0.29, 0.717) is 48.0 Å². The molecule has 1 heterocycles. The lowest BCUT2D eigenvalue weighted by atomic mass is 9.43. The highest BCUT2D eigenvalue weighted by atomic mass is 16.3. The predicted molar refractivity (Wildman–Crippen MR) is 161 cm³/mol. The molecule has 3 unspecified atom stereocenters. The second kappa shape index (κ2) is 11.2. The van der Waals surface area contributed by atoms with Crippen molar-refractivity contribution >= 4 is 11.6 Å². The minimum absolute atomic E-state index is 0.174. The Morgan fingerprint density at radius 1 is 0.950 bits per heavy atom. The Kier molecular flexibility index (Phi) is 8.02. The van der Waals surface area contributed by atoms with Crippen molar-refractivity contribution in [1.82, 2.24) is 5.32 Å². The number of hydrogen-bond donors (Lipinski definition) is 3. The van der Waals surface area contributed by atoms with Crippen molar-refractivity contribution in [2.24, 2.45) is 46.3 Å². The molecule has 4 aliphatic carbocycles. The third kappa shape index (κ3) is 5.12. The molecule has 5 fully saturated rings. The van der Waals surface area contributed by atoms with Crippen molar-refractivity contribution in [3.63, 3.8) is 0 Å². The summed E-state index contributed by atoms with van der Waals surface area (Å²) in [5, 5.41) is 25.2. The number of rotatable bonds is 6. The number of benzene rings is 1. The number of nitrogens with one attached hydrogen (secondary N) is 1. The summed E-state index contributed by atoms with van der Waals surface area (Å²) in [5.41, 5.74) is 1.84. The van der Waals surface area contributed by atoms with Crippen molar-refractivity contribution in [3.8, 4) is 0 Å². The summed E-state index contributed by atoms with van der Waals surface area (Å²) >= 11 is 0. The second-order valence-electron chi connectivity index (χ2n) is 15.1. The van der Waals surface area contributed by atoms with Gasteiger partial charge < -0.3 is 20.4 Å². The lowest BCUT2D eigenvalue weighted by Crippen LogP contribution is -2.58. The van der Waals surface area contributed by atoms with E-state index in [9.17, 15) is 15.0 Å². The van der Waals surface area contributed by atoms with Gasteiger partial charge in [0.05, 0.1) is 12.2 Å². The number of aliphatic hydroxyl groups excluding tert-OH is 2. The quantitative estimate of drug-likeness (QED) is 0.396. The molecule has 1 aromatic carbocycles. The van der Waals surface area contributed by atoms with Crippen LogP contribution in [0.15, 0.2) is 30.3 Å². The number of hydrogen-bond acceptors (Lipinski definition) is 4. The number of anilines is 1. The standard InChI is InChI=1S/C35H54N2O3/c1-23(9-12-32(40)36-25-15-19-37(20-16-25)26-7-5-4-6-8-26)28-10-11-29-33-30(14-18-35(28,29)3)34(2)17-13-27(38)21-24(34)22-31(33)39/h4-8,23-25,27-31,33,38-39H,9-22H2,1-3H3,(H,36,40)/t23-,24+,27-,28?,29?,30?,31-,33+,34+,35-/m1/s1. The number of nitrogens with zero attached hydrogens (tertiary/aromatic N) is 1. The third-order valence-electron chi connectivity index (χ3n) is 13.2. The van der Waals surface area contributed by atoms with E-state index in [4.69, 9.17) is 0 Å². The van der Waals surface area contributed by atoms with Gasteiger partial charge in [-0.05, 0) is 129 Å². The molecule has 10 atom stereocenters. The zero-order valence-electron chi connectivity index (χ0n) is 25.2. The van der Waals surface area contributed by atoms with Gasteiger partial charge in [-0.2, -0.15) is 0 Å². The topological polar surface area (TPSA) is 72.8 Å². The maximum Gasteiger partial charge on any atom is 0.220 e. The summed E-state index contributed by atoms with van der Waals surface area (Å²) in [6.45, 7) is 9.43. The fraction of sp³-hybridized carbons (Fsp3) is 0.800. The highest BCUT2D eigenvalue weighted by molar-refractivity contribution is 5.76. The van der Waals surface area contributed by atoms with Crippen LogP contribution >= 0.6 is 0 Å². The Hall–Kier alpha value is -1.59. The van der Waals surface area contributed by atoms with Gasteiger partial charge in [-0.25, -0.2) is 0 Å². The average Bonchev–Trinajstić information content (AvgIpc) is 3.31. The number of carbonyl (C=O) groups is 1. The predicted octanol–water partition coefficient (Wildman–Crippen LogP) is 6.18. The van der Waals surface area contributed by atoms with Crippen LogP contribution in [0, 0.1) is 46.3 Å². The van der Waals surface area contributed by atoms with Crippen LogP contribution in [0.1, 0.15) is 97.8 Å². The van der Waals surface area contributed by atoms with Crippen LogP contribution in [0.3, 0.4) is 0 Å². The molecular weight excluding hydrogens is 496 g/mol. The molecule has 222 valence electrons. The van der Waals surface area contributed by atoms with Gasteiger partial charge in [0.2, 0.25) is 5.91 Å². The minimum atomic E-state index is -0.217. The monoisotopic (exact) mass is 550 g/mol. The van der Waals surface area contributed by atoms with E-state index < -0.39 is 0 Å². The number of piperidine rings is 1. The molecule has 1 amide bonds. The minimum Gasteiger partial charge on any atom is -0.393 e. The van der Waals surface area contributed by atoms with E-state index in [-0.39, 0.29) is 28.9 Å². The van der Waals surface area contributed by atoms with Crippen molar-refractivity contribution in [2.45, 2.75) is 116 Å². The Balaban J connectivity index is 1.02. The summed E-state index contributed by atoms with van der Waals surface area (Å²) in [4.78, 5) is 15.4. The van der Waals surface area contributed by atoms with Gasteiger partial charge in [0.1, 0.15) is 0 Å². The maximum atomic E-state index is 13.0. The zero-order valence-corrected chi connectivity index (χ0v) is 25.2. The summed E-state index contributed by atoms with van der Waals surface area (Å²) in [6.07, 6.45) is 12.0. The maximum absolute atomic E-state index is 13.0. The summed E-state index contributed by atoms with van der Waals surface area (Å²) in [5.74, 6) is 3.49. The van der Waals surface area contributed by atoms with Crippen molar-refractivity contribution in [3.05, 3.63) is 30.3 Å². The second-order valence-corrected chi connectivity index (χ2v) is 15.1. The normalized spacial score (nSPS) is 42.4. The Morgan fingerprint density at radius 2 is 1.65 bits per heavy atom. The van der Waals surface area contributed by atoms with Crippen LogP contribution in [-0.2, 0) is 4.79 Å². The van der Waals surface area contributed by atoms with E-state index in [1.807, 2.05) is 0 Å². The molecule has 3 N–H and O–H groups in total. The summed E-state index contributed by atoms with van der Waals surface area (Å²) in [7, 11) is 0. The molecule has 5 heteroatoms. The average molecular weight is 551 g/mol. The summed E-state index contributed by atoms with van der Waals surface area (Å²) in [6, 6.07) is 10.9. The fourth-order valence-corrected chi connectivity index (χ4v) is 11.0. The molecule has 0 aromatic heterocycles. The van der Waals surface area contributed by atoms with Crippen molar-refractivity contribution in [1.29, 1.82) is 0 Å². The van der Waals surface area contributed by atoms with Crippen LogP contribution in [-0.4, -0.2) is 47.5 Å². The van der Waals surface area contributed by atoms with Gasteiger partial charge in [0.25, 0.3) is 0 Å². The van der Waals surface area contributed by atoms with E-state index in [2.05, 4.69) is 61.3 Å². The SMILES string of the molecule is C[C@H](CCC(=O)NC1CCN(c2ccccc2)CC1)C1CCC2[C@H]3C(CC[C@@]21C)[C@@]1(C)CC[C@@H](O)C[C@H]1C[C@H]3O. The Morgan fingerprint density at radius 3 is 2.40 bits per heavy atom. The molecule has 6 rings (SSSR count). The van der Waals surface area contributed by atoms with Gasteiger partial charge in [-0.3, -0.25) is 4.79 Å². The highest BCUT2D eigenvalue weighted by Gasteiger charge is 2.62. The molecule has 0 spiro atoms. The van der Waals surface area contributed by atoms with Crippen molar-refractivity contribution < 1.29 is 15.0 Å². The van der Waals surface area contributed by atoms with Crippen LogP contribution in [0.2, 0.25) is 0 Å². The lowest BCUT2D eigenvalue weighted by Gasteiger charge is -2.62. The Bertz CT molecular complexity index is 1020. The lowest BCUT2D eigenvalue weighted by molar-refractivity contribution is -0.174. The van der Waals surface area contributed by atoms with E-state index in [1.54, 1.807) is 0 Å². The highest BCUT2D eigenvalue weighted by Crippen LogP contribution is 2.68. The number of carbonyl (C=O) groups excluding carboxylic acids is 1. The molecule has 5 nitrogen and oxygen atoms in total. The third-order valence-corrected chi connectivity index (χ3v) is 13.2. The van der Waals surface area contributed by atoms with Gasteiger partial charge in [0.15, 0.2) is 0 Å². The molecule has 1 aromatic rings. The van der Waals surface area contributed by atoms with Gasteiger partial charge in [-0.15, -0.1) is 0 Å². The molecule has 0 bridgehead atoms. The largest absolute Gasteiger partial charge is 0.393 e. The van der Waals surface area contributed by atoms with Crippen LogP contribution in [0.25, 0.3) is 0 Å². The zero-order chi connectivity index (χ0) is 28.1. The summed E-state index contributed by atoms with van der Waals surface area (Å²) < 4.78 is 0. The number of fused-ring (bicyclic) bond motifs is 5. The first-order valence-corrected chi connectivity index (χ1v) is 16.6. The molecule has 0 radical (unpaired) electrons. The van der Waals surface area contributed by atoms with Crippen molar-refractivity contribution in [2.75, 3.05) is 18.0 Å². The number of aliphatic hydroxyl groups is 2. The van der Waals surface area contributed by atoms with Crippen LogP contribution in [0.4, 0.5) is 5.69 Å². The van der Waals surface area contributed by atoms with Gasteiger partial charge in [-0.1, -0.05) is 39.0 Å². The molecule has 1 saturated heterocycles. The number of amides is 1. The van der Waals surface area contributed by atoms with E-state index in [0.717, 1.165) is 58.0 Å². The first-order chi connectivity index (χ1) is 19.2. The van der Waals surface area contributed by atoms with Gasteiger partial charge >= 0.3 is 0 Å².